The minimum absolute atomic E-state index is 0.577. The van der Waals surface area contributed by atoms with Crippen LogP contribution in [0.15, 0.2) is 24.3 Å². The standard InChI is InChI=1S/C15H21NO2/c1-11-8-9-16(10-11)15(3,14(17)18)13-7-5-4-6-12(13)2/h4-7,11H,8-10H2,1-3H3,(H,17,18). The number of hydrogen-bond donors (Lipinski definition) is 1. The Labute approximate surface area is 108 Å². The highest BCUT2D eigenvalue weighted by Gasteiger charge is 2.44. The van der Waals surface area contributed by atoms with Gasteiger partial charge in [-0.1, -0.05) is 31.2 Å². The van der Waals surface area contributed by atoms with E-state index in [1.165, 1.54) is 0 Å². The Balaban J connectivity index is 2.45. The normalized spacial score (nSPS) is 23.8. The molecule has 0 bridgehead atoms. The number of benzene rings is 1. The van der Waals surface area contributed by atoms with Crippen molar-refractivity contribution in [2.24, 2.45) is 5.92 Å². The fourth-order valence-electron chi connectivity index (χ4n) is 2.88. The third-order valence-corrected chi connectivity index (χ3v) is 4.14. The monoisotopic (exact) mass is 247 g/mol. The number of carbonyl (C=O) groups is 1. The molecule has 2 unspecified atom stereocenters. The molecule has 2 atom stereocenters. The van der Waals surface area contributed by atoms with Crippen molar-refractivity contribution in [1.82, 2.24) is 4.90 Å². The zero-order valence-corrected chi connectivity index (χ0v) is 11.3. The van der Waals surface area contributed by atoms with Gasteiger partial charge in [0.2, 0.25) is 0 Å². The van der Waals surface area contributed by atoms with Crippen molar-refractivity contribution in [3.05, 3.63) is 35.4 Å². The summed E-state index contributed by atoms with van der Waals surface area (Å²) in [7, 11) is 0. The van der Waals surface area contributed by atoms with Gasteiger partial charge in [0, 0.05) is 6.54 Å². The molecule has 1 saturated heterocycles. The lowest BCUT2D eigenvalue weighted by molar-refractivity contribution is -0.150. The molecular weight excluding hydrogens is 226 g/mol. The zero-order valence-electron chi connectivity index (χ0n) is 11.3. The number of hydrogen-bond acceptors (Lipinski definition) is 2. The zero-order chi connectivity index (χ0) is 13.3. The third-order valence-electron chi connectivity index (χ3n) is 4.14. The van der Waals surface area contributed by atoms with E-state index in [-0.39, 0.29) is 0 Å². The summed E-state index contributed by atoms with van der Waals surface area (Å²) in [5, 5.41) is 9.72. The fraction of sp³-hybridized carbons (Fsp3) is 0.533. The van der Waals surface area contributed by atoms with Crippen molar-refractivity contribution in [1.29, 1.82) is 0 Å². The molecule has 1 aliphatic rings. The lowest BCUT2D eigenvalue weighted by Gasteiger charge is -2.36. The number of nitrogens with zero attached hydrogens (tertiary/aromatic N) is 1. The smallest absolute Gasteiger partial charge is 0.328 e. The SMILES string of the molecule is Cc1ccccc1C(C)(C(=O)O)N1CCC(C)C1. The molecule has 1 aromatic carbocycles. The summed E-state index contributed by atoms with van der Waals surface area (Å²) in [6.45, 7) is 7.71. The molecule has 98 valence electrons. The summed E-state index contributed by atoms with van der Waals surface area (Å²) in [4.78, 5) is 13.9. The van der Waals surface area contributed by atoms with E-state index in [0.29, 0.717) is 5.92 Å². The Bertz CT molecular complexity index is 458. The first-order valence-electron chi connectivity index (χ1n) is 6.50. The molecule has 0 aliphatic carbocycles. The summed E-state index contributed by atoms with van der Waals surface area (Å²) in [6.07, 6.45) is 1.08. The maximum absolute atomic E-state index is 11.8. The van der Waals surface area contributed by atoms with Crippen molar-refractivity contribution in [3.8, 4) is 0 Å². The highest BCUT2D eigenvalue weighted by Crippen LogP contribution is 2.35. The molecule has 1 fully saturated rings. The lowest BCUT2D eigenvalue weighted by Crippen LogP contribution is -2.49. The van der Waals surface area contributed by atoms with E-state index in [9.17, 15) is 9.90 Å². The predicted molar refractivity (Wildman–Crippen MR) is 71.5 cm³/mol. The first-order valence-corrected chi connectivity index (χ1v) is 6.50. The van der Waals surface area contributed by atoms with E-state index < -0.39 is 11.5 Å². The molecule has 0 amide bonds. The number of carboxylic acid groups (broad SMARTS) is 1. The first kappa shape index (κ1) is 13.1. The Kier molecular flexibility index (Phi) is 3.44. The van der Waals surface area contributed by atoms with E-state index in [1.54, 1.807) is 0 Å². The number of aryl methyl sites for hydroxylation is 1. The Morgan fingerprint density at radius 1 is 1.44 bits per heavy atom. The molecule has 0 radical (unpaired) electrons. The van der Waals surface area contributed by atoms with Crippen molar-refractivity contribution in [3.63, 3.8) is 0 Å². The summed E-state index contributed by atoms with van der Waals surface area (Å²) in [5.74, 6) is -0.182. The van der Waals surface area contributed by atoms with Gasteiger partial charge >= 0.3 is 5.97 Å². The fourth-order valence-corrected chi connectivity index (χ4v) is 2.88. The van der Waals surface area contributed by atoms with E-state index in [4.69, 9.17) is 0 Å². The van der Waals surface area contributed by atoms with Gasteiger partial charge in [0.1, 0.15) is 5.54 Å². The molecule has 3 heteroatoms. The van der Waals surface area contributed by atoms with Gasteiger partial charge in [-0.15, -0.1) is 0 Å². The van der Waals surface area contributed by atoms with Gasteiger partial charge in [0.15, 0.2) is 0 Å². The molecule has 18 heavy (non-hydrogen) atoms. The highest BCUT2D eigenvalue weighted by atomic mass is 16.4. The van der Waals surface area contributed by atoms with E-state index in [2.05, 4.69) is 11.8 Å². The number of aliphatic carboxylic acids is 1. The van der Waals surface area contributed by atoms with E-state index in [1.807, 2.05) is 38.1 Å². The Hall–Kier alpha value is -1.35. The second kappa shape index (κ2) is 4.73. The molecule has 1 aromatic rings. The summed E-state index contributed by atoms with van der Waals surface area (Å²) < 4.78 is 0. The van der Waals surface area contributed by atoms with Gasteiger partial charge < -0.3 is 5.11 Å². The molecule has 1 heterocycles. The first-order chi connectivity index (χ1) is 8.46. The van der Waals surface area contributed by atoms with Crippen LogP contribution in [0.25, 0.3) is 0 Å². The average Bonchev–Trinajstić information content (AvgIpc) is 2.75. The molecule has 1 N–H and O–H groups in total. The maximum Gasteiger partial charge on any atom is 0.328 e. The predicted octanol–water partition coefficient (Wildman–Crippen LogP) is 2.64. The third kappa shape index (κ3) is 2.03. The van der Waals surface area contributed by atoms with Gasteiger partial charge in [-0.25, -0.2) is 4.79 Å². The summed E-state index contributed by atoms with van der Waals surface area (Å²) in [6, 6.07) is 7.79. The minimum Gasteiger partial charge on any atom is -0.480 e. The summed E-state index contributed by atoms with van der Waals surface area (Å²) >= 11 is 0. The van der Waals surface area contributed by atoms with Crippen LogP contribution in [0.1, 0.15) is 31.4 Å². The van der Waals surface area contributed by atoms with Gasteiger partial charge in [0.25, 0.3) is 0 Å². The maximum atomic E-state index is 11.8. The van der Waals surface area contributed by atoms with Crippen LogP contribution in [-0.2, 0) is 10.3 Å². The molecule has 0 aromatic heterocycles. The second-order valence-corrected chi connectivity index (χ2v) is 5.53. The number of rotatable bonds is 3. The van der Waals surface area contributed by atoms with Crippen LogP contribution < -0.4 is 0 Å². The average molecular weight is 247 g/mol. The lowest BCUT2D eigenvalue weighted by atomic mass is 9.87. The van der Waals surface area contributed by atoms with Crippen molar-refractivity contribution < 1.29 is 9.90 Å². The minimum atomic E-state index is -0.907. The summed E-state index contributed by atoms with van der Waals surface area (Å²) in [5.41, 5.74) is 1.05. The molecular formula is C15H21NO2. The second-order valence-electron chi connectivity index (χ2n) is 5.53. The van der Waals surface area contributed by atoms with Crippen LogP contribution in [0, 0.1) is 12.8 Å². The topological polar surface area (TPSA) is 40.5 Å². The quantitative estimate of drug-likeness (QED) is 0.892. The van der Waals surface area contributed by atoms with Crippen molar-refractivity contribution in [2.75, 3.05) is 13.1 Å². The van der Waals surface area contributed by atoms with Gasteiger partial charge in [-0.2, -0.15) is 0 Å². The van der Waals surface area contributed by atoms with E-state index >= 15 is 0 Å². The van der Waals surface area contributed by atoms with Crippen molar-refractivity contribution in [2.45, 2.75) is 32.7 Å². The van der Waals surface area contributed by atoms with Gasteiger partial charge in [-0.05, 0) is 43.9 Å². The largest absolute Gasteiger partial charge is 0.480 e. The highest BCUT2D eigenvalue weighted by molar-refractivity contribution is 5.81. The number of carboxylic acids is 1. The van der Waals surface area contributed by atoms with Gasteiger partial charge in [0.05, 0.1) is 0 Å². The van der Waals surface area contributed by atoms with E-state index in [0.717, 1.165) is 30.6 Å². The van der Waals surface area contributed by atoms with Crippen molar-refractivity contribution >= 4 is 5.97 Å². The number of likely N-dealkylation sites (tertiary alicyclic amines) is 1. The van der Waals surface area contributed by atoms with Crippen LogP contribution in [-0.4, -0.2) is 29.1 Å². The molecule has 0 spiro atoms. The molecule has 2 rings (SSSR count). The van der Waals surface area contributed by atoms with Gasteiger partial charge in [-0.3, -0.25) is 4.90 Å². The van der Waals surface area contributed by atoms with Crippen LogP contribution in [0.3, 0.4) is 0 Å². The Morgan fingerprint density at radius 2 is 2.11 bits per heavy atom. The van der Waals surface area contributed by atoms with Crippen LogP contribution in [0.5, 0.6) is 0 Å². The van der Waals surface area contributed by atoms with Crippen LogP contribution in [0.4, 0.5) is 0 Å². The molecule has 0 saturated carbocycles. The molecule has 1 aliphatic heterocycles. The molecule has 3 nitrogen and oxygen atoms in total. The Morgan fingerprint density at radius 3 is 2.61 bits per heavy atom. The van der Waals surface area contributed by atoms with Crippen LogP contribution >= 0.6 is 0 Å². The van der Waals surface area contributed by atoms with Crippen LogP contribution in [0.2, 0.25) is 0 Å².